The first kappa shape index (κ1) is 15.0. The lowest BCUT2D eigenvalue weighted by Crippen LogP contribution is -2.21. The Kier molecular flexibility index (Phi) is 4.08. The Hall–Kier alpha value is -2.54. The lowest BCUT2D eigenvalue weighted by Gasteiger charge is -2.29. The van der Waals surface area contributed by atoms with Gasteiger partial charge >= 0.3 is 0 Å². The van der Waals surface area contributed by atoms with Gasteiger partial charge in [0.05, 0.1) is 18.4 Å². The van der Waals surface area contributed by atoms with Gasteiger partial charge in [0, 0.05) is 13.5 Å². The Labute approximate surface area is 139 Å². The van der Waals surface area contributed by atoms with Crippen molar-refractivity contribution in [2.24, 2.45) is 0 Å². The molecule has 124 valence electrons. The molecule has 7 nitrogen and oxygen atoms in total. The maximum Gasteiger partial charge on any atom is 0.232 e. The summed E-state index contributed by atoms with van der Waals surface area (Å²) in [5.74, 6) is 2.31. The highest BCUT2D eigenvalue weighted by Gasteiger charge is 2.33. The van der Waals surface area contributed by atoms with Gasteiger partial charge in [-0.3, -0.25) is 0 Å². The fourth-order valence-electron chi connectivity index (χ4n) is 3.05. The smallest absolute Gasteiger partial charge is 0.232 e. The summed E-state index contributed by atoms with van der Waals surface area (Å²) in [6.07, 6.45) is 2.28. The minimum absolute atomic E-state index is 0.0549. The first-order valence-electron chi connectivity index (χ1n) is 8.08. The zero-order valence-corrected chi connectivity index (χ0v) is 13.4. The van der Waals surface area contributed by atoms with Gasteiger partial charge in [0.1, 0.15) is 0 Å². The van der Waals surface area contributed by atoms with E-state index >= 15 is 0 Å². The number of aromatic nitrogens is 4. The number of aryl methyl sites for hydroxylation is 1. The maximum absolute atomic E-state index is 5.99. The monoisotopic (exact) mass is 326 g/mol. The second-order valence-corrected chi connectivity index (χ2v) is 5.91. The summed E-state index contributed by atoms with van der Waals surface area (Å²) < 4.78 is 16.5. The zero-order chi connectivity index (χ0) is 16.4. The molecule has 0 spiro atoms. The molecule has 1 aliphatic heterocycles. The molecule has 24 heavy (non-hydrogen) atoms. The van der Waals surface area contributed by atoms with E-state index in [1.807, 2.05) is 18.2 Å². The Morgan fingerprint density at radius 3 is 2.62 bits per heavy atom. The minimum Gasteiger partial charge on any atom is -0.373 e. The highest BCUT2D eigenvalue weighted by Crippen LogP contribution is 2.39. The van der Waals surface area contributed by atoms with E-state index in [1.54, 1.807) is 6.92 Å². The minimum atomic E-state index is -0.0549. The average molecular weight is 326 g/mol. The molecule has 0 amide bonds. The fourth-order valence-corrected chi connectivity index (χ4v) is 3.05. The summed E-state index contributed by atoms with van der Waals surface area (Å²) in [5, 5.41) is 7.92. The maximum atomic E-state index is 5.99. The topological polar surface area (TPSA) is 87.1 Å². The van der Waals surface area contributed by atoms with Gasteiger partial charge in [0.25, 0.3) is 0 Å². The van der Waals surface area contributed by atoms with Crippen molar-refractivity contribution in [2.75, 3.05) is 6.61 Å². The average Bonchev–Trinajstić information content (AvgIpc) is 3.25. The summed E-state index contributed by atoms with van der Waals surface area (Å²) in [4.78, 5) is 8.70. The van der Waals surface area contributed by atoms with Crippen LogP contribution in [0.25, 0.3) is 0 Å². The lowest BCUT2D eigenvalue weighted by atomic mass is 9.89. The molecule has 2 aromatic heterocycles. The van der Waals surface area contributed by atoms with Gasteiger partial charge in [-0.1, -0.05) is 40.6 Å². The second kappa shape index (κ2) is 6.52. The van der Waals surface area contributed by atoms with Crippen LogP contribution >= 0.6 is 0 Å². The first-order valence-corrected chi connectivity index (χ1v) is 8.08. The van der Waals surface area contributed by atoms with Crippen molar-refractivity contribution in [3.05, 3.63) is 59.3 Å². The number of hydrogen-bond donors (Lipinski definition) is 0. The third-order valence-corrected chi connectivity index (χ3v) is 4.14. The van der Waals surface area contributed by atoms with Crippen molar-refractivity contribution in [2.45, 2.75) is 38.2 Å². The Bertz CT molecular complexity index is 799. The van der Waals surface area contributed by atoms with Crippen LogP contribution in [0.1, 0.15) is 53.9 Å². The molecule has 3 heterocycles. The summed E-state index contributed by atoms with van der Waals surface area (Å²) in [7, 11) is 0. The second-order valence-electron chi connectivity index (χ2n) is 5.91. The highest BCUT2D eigenvalue weighted by atomic mass is 16.5. The van der Waals surface area contributed by atoms with Gasteiger partial charge in [-0.05, 0) is 18.4 Å². The third kappa shape index (κ3) is 3.07. The molecule has 2 atom stereocenters. The molecular weight excluding hydrogens is 308 g/mol. The van der Waals surface area contributed by atoms with E-state index < -0.39 is 0 Å². The molecule has 1 fully saturated rings. The molecule has 4 rings (SSSR count). The van der Waals surface area contributed by atoms with E-state index in [9.17, 15) is 0 Å². The molecule has 1 saturated heterocycles. The molecule has 0 aliphatic carbocycles. The van der Waals surface area contributed by atoms with E-state index in [2.05, 4.69) is 32.4 Å². The van der Waals surface area contributed by atoms with Crippen molar-refractivity contribution in [1.29, 1.82) is 0 Å². The van der Waals surface area contributed by atoms with Crippen molar-refractivity contribution < 1.29 is 13.8 Å². The van der Waals surface area contributed by atoms with Crippen LogP contribution < -0.4 is 0 Å². The third-order valence-electron chi connectivity index (χ3n) is 4.14. The van der Waals surface area contributed by atoms with E-state index in [1.165, 1.54) is 0 Å². The van der Waals surface area contributed by atoms with E-state index in [-0.39, 0.29) is 12.0 Å². The van der Waals surface area contributed by atoms with Crippen LogP contribution in [0.2, 0.25) is 0 Å². The molecule has 0 unspecified atom stereocenters. The number of ether oxygens (including phenoxy) is 1. The van der Waals surface area contributed by atoms with Gasteiger partial charge in [-0.15, -0.1) is 0 Å². The largest absolute Gasteiger partial charge is 0.373 e. The number of rotatable bonds is 4. The van der Waals surface area contributed by atoms with Crippen LogP contribution in [0.5, 0.6) is 0 Å². The Morgan fingerprint density at radius 2 is 1.83 bits per heavy atom. The van der Waals surface area contributed by atoms with Crippen LogP contribution in [0, 0.1) is 6.92 Å². The van der Waals surface area contributed by atoms with Crippen LogP contribution in [-0.4, -0.2) is 26.9 Å². The lowest BCUT2D eigenvalue weighted by molar-refractivity contribution is -0.0103. The quantitative estimate of drug-likeness (QED) is 0.728. The molecule has 1 aliphatic rings. The Balaban J connectivity index is 1.55. The van der Waals surface area contributed by atoms with Crippen molar-refractivity contribution >= 4 is 0 Å². The molecule has 0 radical (unpaired) electrons. The normalized spacial score (nSPS) is 21.0. The molecule has 0 N–H and O–H groups in total. The van der Waals surface area contributed by atoms with E-state index in [4.69, 9.17) is 13.8 Å². The van der Waals surface area contributed by atoms with Gasteiger partial charge in [0.2, 0.25) is 11.8 Å². The van der Waals surface area contributed by atoms with Crippen molar-refractivity contribution in [3.8, 4) is 0 Å². The summed E-state index contributed by atoms with van der Waals surface area (Å²) >= 11 is 0. The molecule has 0 saturated carbocycles. The van der Waals surface area contributed by atoms with Crippen LogP contribution in [0.3, 0.4) is 0 Å². The molecule has 7 heteroatoms. The van der Waals surface area contributed by atoms with Crippen LogP contribution in [0.15, 0.2) is 39.4 Å². The van der Waals surface area contributed by atoms with Crippen LogP contribution in [-0.2, 0) is 11.2 Å². The number of benzene rings is 1. The summed E-state index contributed by atoms with van der Waals surface area (Å²) in [6.45, 7) is 2.50. The number of hydrogen-bond acceptors (Lipinski definition) is 7. The standard InChI is InChI=1S/C17H18N4O3/c1-11-18-14(20-23-11)10-15-19-17(24-21-15)13-8-5-9-22-16(13)12-6-3-2-4-7-12/h2-4,6-7,13,16H,5,8-10H2,1H3/t13-,16+/m0/s1. The number of nitrogens with zero attached hydrogens (tertiary/aromatic N) is 4. The SMILES string of the molecule is Cc1nc(Cc2noc([C@H]3CCCO[C@@H]3c3ccccc3)n2)no1. The van der Waals surface area contributed by atoms with Gasteiger partial charge in [-0.2, -0.15) is 9.97 Å². The zero-order valence-electron chi connectivity index (χ0n) is 13.4. The Morgan fingerprint density at radius 1 is 1.04 bits per heavy atom. The first-order chi connectivity index (χ1) is 11.8. The van der Waals surface area contributed by atoms with Crippen molar-refractivity contribution in [1.82, 2.24) is 20.3 Å². The molecule has 3 aromatic rings. The predicted molar refractivity (Wildman–Crippen MR) is 83.2 cm³/mol. The van der Waals surface area contributed by atoms with E-state index in [0.29, 0.717) is 29.9 Å². The highest BCUT2D eigenvalue weighted by molar-refractivity contribution is 5.21. The van der Waals surface area contributed by atoms with E-state index in [0.717, 1.165) is 25.0 Å². The van der Waals surface area contributed by atoms with Gasteiger partial charge in [-0.25, -0.2) is 0 Å². The fraction of sp³-hybridized carbons (Fsp3) is 0.412. The predicted octanol–water partition coefficient (Wildman–Crippen LogP) is 2.99. The molecular formula is C17H18N4O3. The molecule has 0 bridgehead atoms. The molecule has 1 aromatic carbocycles. The summed E-state index contributed by atoms with van der Waals surface area (Å²) in [5.41, 5.74) is 1.13. The van der Waals surface area contributed by atoms with Crippen LogP contribution in [0.4, 0.5) is 0 Å². The van der Waals surface area contributed by atoms with Gasteiger partial charge in [0.15, 0.2) is 11.6 Å². The summed E-state index contributed by atoms with van der Waals surface area (Å²) in [6, 6.07) is 10.2. The van der Waals surface area contributed by atoms with Crippen molar-refractivity contribution in [3.63, 3.8) is 0 Å². The van der Waals surface area contributed by atoms with Gasteiger partial charge < -0.3 is 13.8 Å².